The molecule has 0 atom stereocenters. The highest BCUT2D eigenvalue weighted by molar-refractivity contribution is 5.50. The Kier molecular flexibility index (Phi) is 1.76. The molecule has 0 aliphatic carbocycles. The average Bonchev–Trinajstić information content (AvgIpc) is 1.95. The summed E-state index contributed by atoms with van der Waals surface area (Å²) in [6, 6.07) is 5.39. The minimum Gasteiger partial charge on any atom is -0.508 e. The lowest BCUT2D eigenvalue weighted by Gasteiger charge is -1.97. The molecule has 0 aliphatic rings. The van der Waals surface area contributed by atoms with Gasteiger partial charge in [0.1, 0.15) is 5.75 Å². The van der Waals surface area contributed by atoms with E-state index in [1.165, 1.54) is 0 Å². The van der Waals surface area contributed by atoms with Crippen molar-refractivity contribution in [3.8, 4) is 5.75 Å². The van der Waals surface area contributed by atoms with Gasteiger partial charge in [0.05, 0.1) is 0 Å². The van der Waals surface area contributed by atoms with Gasteiger partial charge in [-0.05, 0) is 30.2 Å². The zero-order valence-corrected chi connectivity index (χ0v) is 5.96. The fourth-order valence-electron chi connectivity index (χ4n) is 0.806. The van der Waals surface area contributed by atoms with Crippen LogP contribution in [0.15, 0.2) is 24.8 Å². The zero-order valence-electron chi connectivity index (χ0n) is 5.96. The number of phenolic OH excluding ortho intramolecular Hbond substituents is 1. The van der Waals surface area contributed by atoms with Crippen LogP contribution >= 0.6 is 0 Å². The van der Waals surface area contributed by atoms with Gasteiger partial charge in [-0.25, -0.2) is 0 Å². The number of hydrogen-bond acceptors (Lipinski definition) is 1. The van der Waals surface area contributed by atoms with Gasteiger partial charge in [0.2, 0.25) is 0 Å². The molecule has 0 unspecified atom stereocenters. The van der Waals surface area contributed by atoms with Crippen molar-refractivity contribution in [2.24, 2.45) is 0 Å². The molecule has 0 aromatic heterocycles. The van der Waals surface area contributed by atoms with Gasteiger partial charge < -0.3 is 5.11 Å². The Labute approximate surface area is 60.6 Å². The second-order valence-electron chi connectivity index (χ2n) is 2.25. The van der Waals surface area contributed by atoms with Crippen molar-refractivity contribution in [1.82, 2.24) is 0 Å². The van der Waals surface area contributed by atoms with Gasteiger partial charge in [0, 0.05) is 0 Å². The summed E-state index contributed by atoms with van der Waals surface area (Å²) in [5, 5.41) is 9.10. The van der Waals surface area contributed by atoms with Gasteiger partial charge in [0.25, 0.3) is 0 Å². The lowest BCUT2D eigenvalue weighted by atomic mass is 10.1. The van der Waals surface area contributed by atoms with Gasteiger partial charge in [-0.1, -0.05) is 18.7 Å². The third kappa shape index (κ3) is 1.18. The summed E-state index contributed by atoms with van der Waals surface area (Å²) in [5.74, 6) is 0.339. The maximum atomic E-state index is 9.10. The van der Waals surface area contributed by atoms with Crippen LogP contribution in [0.4, 0.5) is 0 Å². The molecule has 0 amide bonds. The summed E-state index contributed by atoms with van der Waals surface area (Å²) < 4.78 is 0. The van der Waals surface area contributed by atoms with Crippen molar-refractivity contribution in [3.05, 3.63) is 35.9 Å². The number of hydrogen-bond donors (Lipinski definition) is 1. The van der Waals surface area contributed by atoms with E-state index in [1.807, 2.05) is 19.1 Å². The highest BCUT2D eigenvalue weighted by atomic mass is 16.3. The fourth-order valence-corrected chi connectivity index (χ4v) is 0.806. The standard InChI is InChI=1S/C9H10O/c1-3-8-4-5-9(10)7(2)6-8/h3-6,10H,1H2,2H3. The Balaban J connectivity index is 3.16. The molecule has 0 bridgehead atoms. The lowest BCUT2D eigenvalue weighted by Crippen LogP contribution is -1.75. The Morgan fingerprint density at radius 1 is 1.50 bits per heavy atom. The minimum atomic E-state index is 0.339. The monoisotopic (exact) mass is 134 g/mol. The first-order valence-corrected chi connectivity index (χ1v) is 3.16. The Morgan fingerprint density at radius 3 is 2.70 bits per heavy atom. The van der Waals surface area contributed by atoms with Crippen LogP contribution < -0.4 is 0 Å². The largest absolute Gasteiger partial charge is 0.508 e. The third-order valence-corrected chi connectivity index (χ3v) is 1.46. The molecule has 1 aromatic carbocycles. The summed E-state index contributed by atoms with van der Waals surface area (Å²) in [6.07, 6.45) is 1.76. The van der Waals surface area contributed by atoms with E-state index in [1.54, 1.807) is 12.1 Å². The summed E-state index contributed by atoms with van der Waals surface area (Å²) in [4.78, 5) is 0. The summed E-state index contributed by atoms with van der Waals surface area (Å²) in [6.45, 7) is 5.48. The van der Waals surface area contributed by atoms with Gasteiger partial charge in [-0.3, -0.25) is 0 Å². The Hall–Kier alpha value is -1.24. The highest BCUT2D eigenvalue weighted by Gasteiger charge is 1.93. The van der Waals surface area contributed by atoms with Crippen LogP contribution in [-0.2, 0) is 0 Å². The molecule has 1 heteroatoms. The van der Waals surface area contributed by atoms with E-state index in [9.17, 15) is 0 Å². The molecule has 0 radical (unpaired) electrons. The maximum Gasteiger partial charge on any atom is 0.118 e. The number of rotatable bonds is 1. The van der Waals surface area contributed by atoms with E-state index in [4.69, 9.17) is 5.11 Å². The molecule has 0 saturated carbocycles. The predicted octanol–water partition coefficient (Wildman–Crippen LogP) is 2.34. The van der Waals surface area contributed by atoms with Crippen molar-refractivity contribution >= 4 is 6.08 Å². The molecule has 0 spiro atoms. The first kappa shape index (κ1) is 6.87. The molecule has 0 heterocycles. The molecule has 1 N–H and O–H groups in total. The number of phenols is 1. The number of aromatic hydroxyl groups is 1. The second kappa shape index (κ2) is 2.56. The highest BCUT2D eigenvalue weighted by Crippen LogP contribution is 2.16. The predicted molar refractivity (Wildman–Crippen MR) is 42.9 cm³/mol. The Bertz CT molecular complexity index is 251. The average molecular weight is 134 g/mol. The molecule has 52 valence electrons. The molecule has 0 fully saturated rings. The number of aryl methyl sites for hydroxylation is 1. The van der Waals surface area contributed by atoms with Crippen LogP contribution in [0.25, 0.3) is 6.08 Å². The van der Waals surface area contributed by atoms with Crippen molar-refractivity contribution in [1.29, 1.82) is 0 Å². The summed E-state index contributed by atoms with van der Waals surface area (Å²) in [7, 11) is 0. The molecular weight excluding hydrogens is 124 g/mol. The van der Waals surface area contributed by atoms with Gasteiger partial charge in [0.15, 0.2) is 0 Å². The van der Waals surface area contributed by atoms with Gasteiger partial charge in [-0.15, -0.1) is 0 Å². The van der Waals surface area contributed by atoms with Crippen molar-refractivity contribution in [2.75, 3.05) is 0 Å². The van der Waals surface area contributed by atoms with Crippen LogP contribution in [0.3, 0.4) is 0 Å². The molecule has 0 saturated heterocycles. The second-order valence-corrected chi connectivity index (χ2v) is 2.25. The molecule has 0 aliphatic heterocycles. The quantitative estimate of drug-likeness (QED) is 0.625. The SMILES string of the molecule is C=Cc1ccc(O)c(C)c1. The van der Waals surface area contributed by atoms with E-state index in [0.29, 0.717) is 5.75 Å². The van der Waals surface area contributed by atoms with E-state index >= 15 is 0 Å². The fraction of sp³-hybridized carbons (Fsp3) is 0.111. The summed E-state index contributed by atoms with van der Waals surface area (Å²) in [5.41, 5.74) is 1.92. The zero-order chi connectivity index (χ0) is 7.56. The Morgan fingerprint density at radius 2 is 2.20 bits per heavy atom. The minimum absolute atomic E-state index is 0.339. The van der Waals surface area contributed by atoms with E-state index < -0.39 is 0 Å². The van der Waals surface area contributed by atoms with Crippen molar-refractivity contribution < 1.29 is 5.11 Å². The van der Waals surface area contributed by atoms with Gasteiger partial charge in [-0.2, -0.15) is 0 Å². The van der Waals surface area contributed by atoms with Crippen molar-refractivity contribution in [2.45, 2.75) is 6.92 Å². The molecule has 1 rings (SSSR count). The first-order valence-electron chi connectivity index (χ1n) is 3.16. The summed E-state index contributed by atoms with van der Waals surface area (Å²) >= 11 is 0. The van der Waals surface area contributed by atoms with Gasteiger partial charge >= 0.3 is 0 Å². The topological polar surface area (TPSA) is 20.2 Å². The lowest BCUT2D eigenvalue weighted by molar-refractivity contribution is 0.471. The van der Waals surface area contributed by atoms with E-state index in [-0.39, 0.29) is 0 Å². The third-order valence-electron chi connectivity index (χ3n) is 1.46. The van der Waals surface area contributed by atoms with E-state index in [0.717, 1.165) is 11.1 Å². The smallest absolute Gasteiger partial charge is 0.118 e. The van der Waals surface area contributed by atoms with E-state index in [2.05, 4.69) is 6.58 Å². The first-order chi connectivity index (χ1) is 4.74. The van der Waals surface area contributed by atoms with Crippen LogP contribution in [0.2, 0.25) is 0 Å². The molecule has 1 aromatic rings. The number of benzene rings is 1. The van der Waals surface area contributed by atoms with Crippen molar-refractivity contribution in [3.63, 3.8) is 0 Å². The normalized spacial score (nSPS) is 9.30. The van der Waals surface area contributed by atoms with Crippen LogP contribution in [0.1, 0.15) is 11.1 Å². The molecule has 1 nitrogen and oxygen atoms in total. The van der Waals surface area contributed by atoms with Crippen LogP contribution in [0, 0.1) is 6.92 Å². The maximum absolute atomic E-state index is 9.10. The van der Waals surface area contributed by atoms with Crippen LogP contribution in [0.5, 0.6) is 5.75 Å². The molecule has 10 heavy (non-hydrogen) atoms. The molecular formula is C9H10O. The van der Waals surface area contributed by atoms with Crippen LogP contribution in [-0.4, -0.2) is 5.11 Å².